The molecule has 100 valence electrons. The minimum atomic E-state index is 0.393. The number of hydrogen-bond donors (Lipinski definition) is 2. The molecule has 2 atom stereocenters. The van der Waals surface area contributed by atoms with Gasteiger partial charge in [-0.2, -0.15) is 4.98 Å². The van der Waals surface area contributed by atoms with Gasteiger partial charge in [0.2, 0.25) is 5.88 Å². The molecule has 0 amide bonds. The molecule has 2 N–H and O–H groups in total. The van der Waals surface area contributed by atoms with E-state index in [4.69, 9.17) is 4.74 Å². The third kappa shape index (κ3) is 3.57. The summed E-state index contributed by atoms with van der Waals surface area (Å²) >= 11 is 0. The maximum Gasteiger partial charge on any atom is 0.234 e. The summed E-state index contributed by atoms with van der Waals surface area (Å²) in [6.07, 6.45) is 5.90. The van der Waals surface area contributed by atoms with E-state index in [0.29, 0.717) is 24.4 Å². The summed E-state index contributed by atoms with van der Waals surface area (Å²) in [6, 6.07) is 0.393. The van der Waals surface area contributed by atoms with Crippen molar-refractivity contribution in [3.63, 3.8) is 0 Å². The maximum absolute atomic E-state index is 5.35. The zero-order valence-electron chi connectivity index (χ0n) is 11.1. The first-order valence-electron chi connectivity index (χ1n) is 6.71. The maximum atomic E-state index is 5.35. The van der Waals surface area contributed by atoms with Gasteiger partial charge < -0.3 is 15.4 Å². The number of hydrogen-bond acceptors (Lipinski definition) is 5. The van der Waals surface area contributed by atoms with Gasteiger partial charge in [0.1, 0.15) is 5.82 Å². The summed E-state index contributed by atoms with van der Waals surface area (Å²) in [6.45, 7) is 6.97. The number of nitrogens with one attached hydrogen (secondary N) is 2. The molecular formula is C13H22N4O. The van der Waals surface area contributed by atoms with Crippen LogP contribution < -0.4 is 15.4 Å². The highest BCUT2D eigenvalue weighted by atomic mass is 16.5. The van der Waals surface area contributed by atoms with Crippen LogP contribution in [0.3, 0.4) is 0 Å². The van der Waals surface area contributed by atoms with Crippen LogP contribution in [0, 0.1) is 5.92 Å². The minimum absolute atomic E-state index is 0.393. The molecule has 0 aromatic carbocycles. The van der Waals surface area contributed by atoms with Crippen molar-refractivity contribution < 1.29 is 4.74 Å². The first kappa shape index (κ1) is 13.1. The number of ether oxygens (including phenoxy) is 1. The highest BCUT2D eigenvalue weighted by Gasteiger charge is 2.20. The molecule has 1 fully saturated rings. The quantitative estimate of drug-likeness (QED) is 0.832. The van der Waals surface area contributed by atoms with E-state index in [1.54, 1.807) is 12.4 Å². The molecule has 2 rings (SSSR count). The Bertz CT molecular complexity index is 366. The lowest BCUT2D eigenvalue weighted by molar-refractivity contribution is 0.324. The predicted octanol–water partition coefficient (Wildman–Crippen LogP) is 1.68. The zero-order chi connectivity index (χ0) is 12.8. The predicted molar refractivity (Wildman–Crippen MR) is 71.9 cm³/mol. The van der Waals surface area contributed by atoms with Crippen LogP contribution in [0.25, 0.3) is 0 Å². The Balaban J connectivity index is 1.93. The Hall–Kier alpha value is -1.36. The molecule has 0 spiro atoms. The summed E-state index contributed by atoms with van der Waals surface area (Å²) in [4.78, 5) is 8.52. The molecule has 5 heteroatoms. The summed E-state index contributed by atoms with van der Waals surface area (Å²) < 4.78 is 5.35. The van der Waals surface area contributed by atoms with Gasteiger partial charge in [0.05, 0.1) is 19.0 Å². The van der Waals surface area contributed by atoms with E-state index >= 15 is 0 Å². The second kappa shape index (κ2) is 6.54. The number of rotatable bonds is 5. The van der Waals surface area contributed by atoms with Crippen molar-refractivity contribution in [2.24, 2.45) is 5.92 Å². The van der Waals surface area contributed by atoms with E-state index in [9.17, 15) is 0 Å². The third-order valence-electron chi connectivity index (χ3n) is 3.32. The van der Waals surface area contributed by atoms with Gasteiger partial charge in [-0.05, 0) is 45.7 Å². The number of piperidine rings is 1. The monoisotopic (exact) mass is 250 g/mol. The molecule has 5 nitrogen and oxygen atoms in total. The van der Waals surface area contributed by atoms with Crippen molar-refractivity contribution in [3.05, 3.63) is 12.4 Å². The first-order chi connectivity index (χ1) is 8.79. The lowest BCUT2D eigenvalue weighted by Crippen LogP contribution is -2.38. The molecule has 2 unspecified atom stereocenters. The Kier molecular flexibility index (Phi) is 4.75. The van der Waals surface area contributed by atoms with Crippen LogP contribution in [0.1, 0.15) is 26.7 Å². The molecule has 1 aromatic heterocycles. The molecular weight excluding hydrogens is 228 g/mol. The second-order valence-corrected chi connectivity index (χ2v) is 4.72. The molecule has 18 heavy (non-hydrogen) atoms. The minimum Gasteiger partial charge on any atom is -0.477 e. The van der Waals surface area contributed by atoms with E-state index in [0.717, 1.165) is 18.9 Å². The summed E-state index contributed by atoms with van der Waals surface area (Å²) in [7, 11) is 0. The van der Waals surface area contributed by atoms with Crippen molar-refractivity contribution in [1.29, 1.82) is 0 Å². The topological polar surface area (TPSA) is 59.1 Å². The smallest absolute Gasteiger partial charge is 0.234 e. The van der Waals surface area contributed by atoms with Gasteiger partial charge in [0.25, 0.3) is 0 Å². The van der Waals surface area contributed by atoms with Crippen LogP contribution >= 0.6 is 0 Å². The van der Waals surface area contributed by atoms with Crippen LogP contribution in [0.2, 0.25) is 0 Å². The van der Waals surface area contributed by atoms with Crippen molar-refractivity contribution in [2.75, 3.05) is 25.0 Å². The number of aromatic nitrogens is 2. The molecule has 1 aliphatic heterocycles. The molecule has 0 bridgehead atoms. The van der Waals surface area contributed by atoms with Gasteiger partial charge in [-0.3, -0.25) is 4.98 Å². The Labute approximate surface area is 108 Å². The first-order valence-corrected chi connectivity index (χ1v) is 6.71. The van der Waals surface area contributed by atoms with E-state index in [-0.39, 0.29) is 0 Å². The molecule has 0 radical (unpaired) electrons. The molecule has 1 saturated heterocycles. The molecule has 0 aliphatic carbocycles. The highest BCUT2D eigenvalue weighted by molar-refractivity contribution is 5.34. The van der Waals surface area contributed by atoms with Gasteiger partial charge in [0.15, 0.2) is 0 Å². The standard InChI is InChI=1S/C13H22N4O/c1-3-18-13-9-15-8-12(17-13)16-10(2)11-5-4-6-14-7-11/h8-11,14H,3-7H2,1-2H3,(H,16,17). The van der Waals surface area contributed by atoms with Crippen LogP contribution in [0.15, 0.2) is 12.4 Å². The third-order valence-corrected chi connectivity index (χ3v) is 3.32. The fraction of sp³-hybridized carbons (Fsp3) is 0.692. The van der Waals surface area contributed by atoms with Crippen LogP contribution in [0.5, 0.6) is 5.88 Å². The van der Waals surface area contributed by atoms with Crippen molar-refractivity contribution in [3.8, 4) is 5.88 Å². The summed E-state index contributed by atoms with van der Waals surface area (Å²) in [5.41, 5.74) is 0. The Morgan fingerprint density at radius 3 is 3.17 bits per heavy atom. The average molecular weight is 250 g/mol. The molecule has 2 heterocycles. The van der Waals surface area contributed by atoms with E-state index < -0.39 is 0 Å². The van der Waals surface area contributed by atoms with Crippen molar-refractivity contribution in [2.45, 2.75) is 32.7 Å². The molecule has 1 aliphatic rings. The van der Waals surface area contributed by atoms with Gasteiger partial charge in [-0.15, -0.1) is 0 Å². The van der Waals surface area contributed by atoms with E-state index in [1.165, 1.54) is 12.8 Å². The van der Waals surface area contributed by atoms with Gasteiger partial charge in [-0.1, -0.05) is 0 Å². The Morgan fingerprint density at radius 2 is 2.44 bits per heavy atom. The lowest BCUT2D eigenvalue weighted by atomic mass is 9.93. The normalized spacial score (nSPS) is 21.3. The SMILES string of the molecule is CCOc1cncc(NC(C)C2CCCNC2)n1. The van der Waals surface area contributed by atoms with Crippen molar-refractivity contribution in [1.82, 2.24) is 15.3 Å². The average Bonchev–Trinajstić information content (AvgIpc) is 2.40. The molecule has 0 saturated carbocycles. The van der Waals surface area contributed by atoms with Gasteiger partial charge in [0, 0.05) is 6.04 Å². The van der Waals surface area contributed by atoms with Gasteiger partial charge >= 0.3 is 0 Å². The zero-order valence-corrected chi connectivity index (χ0v) is 11.1. The van der Waals surface area contributed by atoms with Crippen LogP contribution in [-0.2, 0) is 0 Å². The fourth-order valence-electron chi connectivity index (χ4n) is 2.29. The van der Waals surface area contributed by atoms with Crippen molar-refractivity contribution >= 4 is 5.82 Å². The summed E-state index contributed by atoms with van der Waals surface area (Å²) in [5, 5.41) is 6.85. The van der Waals surface area contributed by atoms with Gasteiger partial charge in [-0.25, -0.2) is 0 Å². The molecule has 1 aromatic rings. The summed E-state index contributed by atoms with van der Waals surface area (Å²) in [5.74, 6) is 2.02. The Morgan fingerprint density at radius 1 is 1.56 bits per heavy atom. The lowest BCUT2D eigenvalue weighted by Gasteiger charge is -2.29. The van der Waals surface area contributed by atoms with E-state index in [2.05, 4.69) is 27.5 Å². The van der Waals surface area contributed by atoms with Crippen LogP contribution in [-0.4, -0.2) is 35.7 Å². The highest BCUT2D eigenvalue weighted by Crippen LogP contribution is 2.18. The number of anilines is 1. The second-order valence-electron chi connectivity index (χ2n) is 4.72. The largest absolute Gasteiger partial charge is 0.477 e. The fourth-order valence-corrected chi connectivity index (χ4v) is 2.29. The van der Waals surface area contributed by atoms with E-state index in [1.807, 2.05) is 6.92 Å². The number of nitrogens with zero attached hydrogens (tertiary/aromatic N) is 2. The van der Waals surface area contributed by atoms with Crippen LogP contribution in [0.4, 0.5) is 5.82 Å².